The van der Waals surface area contributed by atoms with Gasteiger partial charge in [0.1, 0.15) is 10.8 Å². The molecule has 3 rings (SSSR count). The zero-order chi connectivity index (χ0) is 22.2. The van der Waals surface area contributed by atoms with Crippen LogP contribution in [-0.4, -0.2) is 22.5 Å². The zero-order valence-corrected chi connectivity index (χ0v) is 17.8. The van der Waals surface area contributed by atoms with Crippen LogP contribution in [0.5, 0.6) is 5.75 Å². The van der Waals surface area contributed by atoms with Gasteiger partial charge in [0.25, 0.3) is 11.6 Å². The quantitative estimate of drug-likeness (QED) is 0.296. The SMILES string of the molecule is O=C(NC(=S)Nc1ccc(Cl)c([N+](=O)[O-])c1)c1ccc(OCCc2ccccc2)cc1. The number of nitro groups is 1. The summed E-state index contributed by atoms with van der Waals surface area (Å²) in [6.45, 7) is 0.525. The van der Waals surface area contributed by atoms with Crippen molar-refractivity contribution in [1.82, 2.24) is 5.32 Å². The van der Waals surface area contributed by atoms with Gasteiger partial charge in [0.2, 0.25) is 0 Å². The number of ether oxygens (including phenoxy) is 1. The van der Waals surface area contributed by atoms with E-state index in [1.807, 2.05) is 30.3 Å². The summed E-state index contributed by atoms with van der Waals surface area (Å²) >= 11 is 10.9. The van der Waals surface area contributed by atoms with Gasteiger partial charge in [0.05, 0.1) is 11.5 Å². The maximum atomic E-state index is 12.4. The number of benzene rings is 3. The minimum Gasteiger partial charge on any atom is -0.493 e. The molecule has 0 unspecified atom stereocenters. The van der Waals surface area contributed by atoms with Crippen LogP contribution >= 0.6 is 23.8 Å². The number of nitrogens with one attached hydrogen (secondary N) is 2. The second-order valence-electron chi connectivity index (χ2n) is 6.44. The maximum Gasteiger partial charge on any atom is 0.289 e. The number of nitrogens with zero attached hydrogens (tertiary/aromatic N) is 1. The molecule has 31 heavy (non-hydrogen) atoms. The van der Waals surface area contributed by atoms with Gasteiger partial charge in [0, 0.05) is 23.7 Å². The Morgan fingerprint density at radius 1 is 1.06 bits per heavy atom. The number of carbonyl (C=O) groups excluding carboxylic acids is 1. The molecule has 9 heteroatoms. The predicted molar refractivity (Wildman–Crippen MR) is 124 cm³/mol. The number of nitro benzene ring substituents is 1. The number of halogens is 1. The van der Waals surface area contributed by atoms with Crippen LogP contribution in [0.3, 0.4) is 0 Å². The lowest BCUT2D eigenvalue weighted by Gasteiger charge is -2.10. The molecule has 7 nitrogen and oxygen atoms in total. The highest BCUT2D eigenvalue weighted by atomic mass is 35.5. The van der Waals surface area contributed by atoms with E-state index in [9.17, 15) is 14.9 Å². The molecule has 0 heterocycles. The van der Waals surface area contributed by atoms with Crippen molar-refractivity contribution >= 4 is 46.2 Å². The van der Waals surface area contributed by atoms with Crippen LogP contribution in [0.2, 0.25) is 5.02 Å². The minimum atomic E-state index is -0.599. The summed E-state index contributed by atoms with van der Waals surface area (Å²) < 4.78 is 5.71. The fraction of sp³-hybridized carbons (Fsp3) is 0.0909. The third-order valence-electron chi connectivity index (χ3n) is 4.25. The Bertz CT molecular complexity index is 1090. The van der Waals surface area contributed by atoms with E-state index in [0.29, 0.717) is 23.6 Å². The van der Waals surface area contributed by atoms with Gasteiger partial charge >= 0.3 is 0 Å². The summed E-state index contributed by atoms with van der Waals surface area (Å²) in [5.41, 5.74) is 1.65. The topological polar surface area (TPSA) is 93.5 Å². The van der Waals surface area contributed by atoms with Crippen molar-refractivity contribution in [3.05, 3.63) is 99.1 Å². The summed E-state index contributed by atoms with van der Waals surface area (Å²) in [4.78, 5) is 22.7. The zero-order valence-electron chi connectivity index (χ0n) is 16.2. The molecule has 0 fully saturated rings. The molecule has 0 aliphatic heterocycles. The Hall–Kier alpha value is -3.49. The first-order chi connectivity index (χ1) is 14.9. The van der Waals surface area contributed by atoms with E-state index in [4.69, 9.17) is 28.6 Å². The van der Waals surface area contributed by atoms with Gasteiger partial charge in [0.15, 0.2) is 5.11 Å². The third kappa shape index (κ3) is 6.50. The molecule has 0 radical (unpaired) electrons. The molecule has 3 aromatic carbocycles. The molecule has 0 spiro atoms. The van der Waals surface area contributed by atoms with Crippen molar-refractivity contribution in [2.75, 3.05) is 11.9 Å². The van der Waals surface area contributed by atoms with E-state index in [0.717, 1.165) is 6.42 Å². The highest BCUT2D eigenvalue weighted by Gasteiger charge is 2.14. The van der Waals surface area contributed by atoms with Gasteiger partial charge in [-0.15, -0.1) is 0 Å². The molecular formula is C22H18ClN3O4S. The lowest BCUT2D eigenvalue weighted by Crippen LogP contribution is -2.34. The molecule has 0 bridgehead atoms. The van der Waals surface area contributed by atoms with E-state index < -0.39 is 10.8 Å². The van der Waals surface area contributed by atoms with E-state index in [1.54, 1.807) is 24.3 Å². The van der Waals surface area contributed by atoms with Crippen molar-refractivity contribution in [3.63, 3.8) is 0 Å². The Morgan fingerprint density at radius 3 is 2.45 bits per heavy atom. The molecule has 158 valence electrons. The number of amides is 1. The number of carbonyl (C=O) groups is 1. The van der Waals surface area contributed by atoms with Gasteiger partial charge in [-0.25, -0.2) is 0 Å². The Balaban J connectivity index is 1.51. The molecule has 3 aromatic rings. The van der Waals surface area contributed by atoms with Gasteiger partial charge < -0.3 is 10.1 Å². The maximum absolute atomic E-state index is 12.4. The summed E-state index contributed by atoms with van der Waals surface area (Å²) in [6, 6.07) is 20.8. The first-order valence-corrected chi connectivity index (χ1v) is 10.0. The lowest BCUT2D eigenvalue weighted by molar-refractivity contribution is -0.384. The summed E-state index contributed by atoms with van der Waals surface area (Å²) in [7, 11) is 0. The number of rotatable bonds is 7. The standard InChI is InChI=1S/C22H18ClN3O4S/c23-19-11-8-17(14-20(19)26(28)29)24-22(31)25-21(27)16-6-9-18(10-7-16)30-13-12-15-4-2-1-3-5-15/h1-11,14H,12-13H2,(H2,24,25,27,31). The number of thiocarbonyl (C=S) groups is 1. The fourth-order valence-electron chi connectivity index (χ4n) is 2.70. The second kappa shape index (κ2) is 10.5. The Morgan fingerprint density at radius 2 is 1.77 bits per heavy atom. The van der Waals surface area contributed by atoms with Crippen molar-refractivity contribution < 1.29 is 14.5 Å². The van der Waals surface area contributed by atoms with Gasteiger partial charge in [-0.1, -0.05) is 41.9 Å². The summed E-state index contributed by atoms with van der Waals surface area (Å²) in [5, 5.41) is 16.2. The average Bonchev–Trinajstić information content (AvgIpc) is 2.76. The molecule has 0 aliphatic carbocycles. The van der Waals surface area contributed by atoms with E-state index in [2.05, 4.69) is 10.6 Å². The molecule has 2 N–H and O–H groups in total. The highest BCUT2D eigenvalue weighted by molar-refractivity contribution is 7.80. The third-order valence-corrected chi connectivity index (χ3v) is 4.77. The molecule has 0 aliphatic rings. The van der Waals surface area contributed by atoms with Gasteiger partial charge in [-0.05, 0) is 54.2 Å². The van der Waals surface area contributed by atoms with Crippen LogP contribution in [0, 0.1) is 10.1 Å². The van der Waals surface area contributed by atoms with Crippen molar-refractivity contribution in [1.29, 1.82) is 0 Å². The summed E-state index contributed by atoms with van der Waals surface area (Å²) in [6.07, 6.45) is 0.784. The highest BCUT2D eigenvalue weighted by Crippen LogP contribution is 2.27. The lowest BCUT2D eigenvalue weighted by atomic mass is 10.2. The molecule has 0 atom stereocenters. The smallest absolute Gasteiger partial charge is 0.289 e. The van der Waals surface area contributed by atoms with Crippen LogP contribution < -0.4 is 15.4 Å². The van der Waals surface area contributed by atoms with Crippen LogP contribution in [0.15, 0.2) is 72.8 Å². The first-order valence-electron chi connectivity index (χ1n) is 9.25. The monoisotopic (exact) mass is 455 g/mol. The van der Waals surface area contributed by atoms with Crippen molar-refractivity contribution in [2.45, 2.75) is 6.42 Å². The van der Waals surface area contributed by atoms with Gasteiger partial charge in [-0.3, -0.25) is 20.2 Å². The molecular weight excluding hydrogens is 438 g/mol. The first kappa shape index (κ1) is 22.2. The van der Waals surface area contributed by atoms with Crippen molar-refractivity contribution in [2.24, 2.45) is 0 Å². The number of hydrogen-bond donors (Lipinski definition) is 2. The van der Waals surface area contributed by atoms with E-state index in [1.165, 1.54) is 23.8 Å². The molecule has 0 aromatic heterocycles. The van der Waals surface area contributed by atoms with Crippen LogP contribution in [-0.2, 0) is 6.42 Å². The van der Waals surface area contributed by atoms with Crippen molar-refractivity contribution in [3.8, 4) is 5.75 Å². The summed E-state index contributed by atoms with van der Waals surface area (Å²) in [5.74, 6) is 0.235. The minimum absolute atomic E-state index is 0.00445. The van der Waals surface area contributed by atoms with E-state index in [-0.39, 0.29) is 15.8 Å². The number of anilines is 1. The molecule has 1 amide bonds. The predicted octanol–water partition coefficient (Wildman–Crippen LogP) is 5.00. The fourth-order valence-corrected chi connectivity index (χ4v) is 3.10. The Labute approximate surface area is 189 Å². The largest absolute Gasteiger partial charge is 0.493 e. The van der Waals surface area contributed by atoms with Crippen LogP contribution in [0.1, 0.15) is 15.9 Å². The van der Waals surface area contributed by atoms with Crippen LogP contribution in [0.25, 0.3) is 0 Å². The van der Waals surface area contributed by atoms with Gasteiger partial charge in [-0.2, -0.15) is 0 Å². The average molecular weight is 456 g/mol. The number of hydrogen-bond acceptors (Lipinski definition) is 5. The Kier molecular flexibility index (Phi) is 7.53. The normalized spacial score (nSPS) is 10.2. The molecule has 0 saturated heterocycles. The van der Waals surface area contributed by atoms with Crippen LogP contribution in [0.4, 0.5) is 11.4 Å². The molecule has 0 saturated carbocycles. The second-order valence-corrected chi connectivity index (χ2v) is 7.26. The van der Waals surface area contributed by atoms with E-state index >= 15 is 0 Å².